The molecule has 1 aromatic heterocycles. The van der Waals surface area contributed by atoms with Gasteiger partial charge in [-0.1, -0.05) is 6.07 Å². The zero-order valence-corrected chi connectivity index (χ0v) is 19.3. The fourth-order valence-electron chi connectivity index (χ4n) is 3.19. The van der Waals surface area contributed by atoms with Gasteiger partial charge in [0.2, 0.25) is 0 Å². The normalized spacial score (nSPS) is 10.4. The Morgan fingerprint density at radius 1 is 0.943 bits per heavy atom. The molecule has 0 aliphatic carbocycles. The Bertz CT molecular complexity index is 1440. The predicted octanol–water partition coefficient (Wildman–Crippen LogP) is 1.23. The molecule has 182 valence electrons. The van der Waals surface area contributed by atoms with Crippen molar-refractivity contribution in [3.63, 3.8) is 0 Å². The minimum atomic E-state index is -0.904. The summed E-state index contributed by atoms with van der Waals surface area (Å²) < 4.78 is 17.0. The van der Waals surface area contributed by atoms with Gasteiger partial charge >= 0.3 is 17.6 Å². The highest BCUT2D eigenvalue weighted by Gasteiger charge is 2.24. The molecule has 1 heterocycles. The fourth-order valence-corrected chi connectivity index (χ4v) is 3.19. The highest BCUT2D eigenvalue weighted by atomic mass is 16.6. The maximum Gasteiger partial charge on any atom is 0.337 e. The van der Waals surface area contributed by atoms with E-state index in [9.17, 15) is 24.0 Å². The third kappa shape index (κ3) is 5.05. The number of carbonyl (C=O) groups excluding carboxylic acids is 3. The highest BCUT2D eigenvalue weighted by Crippen LogP contribution is 2.32. The van der Waals surface area contributed by atoms with Crippen LogP contribution < -0.4 is 36.5 Å². The van der Waals surface area contributed by atoms with Crippen molar-refractivity contribution in [3.05, 3.63) is 68.9 Å². The molecule has 0 aliphatic rings. The Morgan fingerprint density at radius 3 is 2.14 bits per heavy atom. The van der Waals surface area contributed by atoms with Crippen molar-refractivity contribution >= 4 is 29.4 Å². The third-order valence-corrected chi connectivity index (χ3v) is 4.79. The lowest BCUT2D eigenvalue weighted by molar-refractivity contribution is -0.134. The number of amides is 1. The lowest BCUT2D eigenvalue weighted by Gasteiger charge is -2.17. The van der Waals surface area contributed by atoms with Crippen molar-refractivity contribution in [1.82, 2.24) is 9.13 Å². The van der Waals surface area contributed by atoms with Crippen molar-refractivity contribution in [2.45, 2.75) is 13.8 Å². The van der Waals surface area contributed by atoms with Crippen molar-refractivity contribution in [2.24, 2.45) is 7.05 Å². The van der Waals surface area contributed by atoms with E-state index in [-0.39, 0.29) is 28.6 Å². The first-order valence-corrected chi connectivity index (χ1v) is 10.1. The lowest BCUT2D eigenvalue weighted by atomic mass is 10.1. The third-order valence-electron chi connectivity index (χ3n) is 4.79. The van der Waals surface area contributed by atoms with Crippen LogP contribution in [-0.4, -0.2) is 34.1 Å². The molecule has 3 rings (SSSR count). The van der Waals surface area contributed by atoms with E-state index in [1.54, 1.807) is 24.3 Å². The molecule has 0 saturated carbocycles. The van der Waals surface area contributed by atoms with Crippen LogP contribution in [0, 0.1) is 0 Å². The molecule has 2 aromatic carbocycles. The van der Waals surface area contributed by atoms with Crippen LogP contribution in [0.3, 0.4) is 0 Å². The van der Waals surface area contributed by atoms with Gasteiger partial charge in [-0.25, -0.2) is 9.36 Å². The topological polar surface area (TPSA) is 161 Å². The van der Waals surface area contributed by atoms with Gasteiger partial charge in [0.05, 0.1) is 18.4 Å². The summed E-state index contributed by atoms with van der Waals surface area (Å²) in [4.78, 5) is 61.8. The molecule has 0 bridgehead atoms. The summed E-state index contributed by atoms with van der Waals surface area (Å²) >= 11 is 0. The Kier molecular flexibility index (Phi) is 7.04. The van der Waals surface area contributed by atoms with Crippen molar-refractivity contribution in [3.8, 4) is 22.9 Å². The largest absolute Gasteiger partial charge is 0.497 e. The van der Waals surface area contributed by atoms with E-state index >= 15 is 0 Å². The van der Waals surface area contributed by atoms with Crippen LogP contribution in [0.25, 0.3) is 5.69 Å². The van der Waals surface area contributed by atoms with E-state index in [0.717, 1.165) is 23.0 Å². The number of nitrogens with one attached hydrogen (secondary N) is 1. The van der Waals surface area contributed by atoms with Crippen LogP contribution in [-0.2, 0) is 16.6 Å². The number of aromatic nitrogens is 2. The number of hydrogen-bond acceptors (Lipinski definition) is 9. The number of ether oxygens (including phenoxy) is 3. The van der Waals surface area contributed by atoms with Crippen LogP contribution >= 0.6 is 0 Å². The molecule has 12 heteroatoms. The molecule has 0 spiro atoms. The van der Waals surface area contributed by atoms with E-state index in [0.29, 0.717) is 11.4 Å². The van der Waals surface area contributed by atoms with Gasteiger partial charge in [-0.05, 0) is 36.4 Å². The van der Waals surface area contributed by atoms with Gasteiger partial charge in [0.25, 0.3) is 11.5 Å². The fraction of sp³-hybridized carbons (Fsp3) is 0.174. The van der Waals surface area contributed by atoms with Crippen LogP contribution in [0.2, 0.25) is 0 Å². The average molecular weight is 482 g/mol. The van der Waals surface area contributed by atoms with Crippen LogP contribution in [0.4, 0.5) is 11.5 Å². The van der Waals surface area contributed by atoms with Gasteiger partial charge in [0, 0.05) is 20.9 Å². The number of nitrogen functional groups attached to an aromatic ring is 1. The summed E-state index contributed by atoms with van der Waals surface area (Å²) in [6.07, 6.45) is 0. The van der Waals surface area contributed by atoms with Crippen LogP contribution in [0.1, 0.15) is 24.2 Å². The molecule has 3 aromatic rings. The minimum Gasteiger partial charge on any atom is -0.497 e. The number of nitrogens with two attached hydrogens (primary N) is 1. The SMILES string of the molecule is COc1ccc(-n2c(N)c(NC(=O)c3cccc(OC(C)=O)c3OC(C)=O)c(=O)n(C)c2=O)cc1. The highest BCUT2D eigenvalue weighted by molar-refractivity contribution is 6.08. The molecule has 3 N–H and O–H groups in total. The summed E-state index contributed by atoms with van der Waals surface area (Å²) in [5.74, 6) is -2.69. The second-order valence-electron chi connectivity index (χ2n) is 7.21. The zero-order chi connectivity index (χ0) is 25.9. The quantitative estimate of drug-likeness (QED) is 0.389. The Morgan fingerprint density at radius 2 is 1.57 bits per heavy atom. The number of rotatable bonds is 6. The van der Waals surface area contributed by atoms with Gasteiger partial charge in [0.1, 0.15) is 17.3 Å². The van der Waals surface area contributed by atoms with Gasteiger partial charge in [-0.15, -0.1) is 0 Å². The number of hydrogen-bond donors (Lipinski definition) is 2. The summed E-state index contributed by atoms with van der Waals surface area (Å²) in [5.41, 5.74) is 4.25. The Balaban J connectivity index is 2.13. The first-order valence-electron chi connectivity index (χ1n) is 10.1. The molecule has 0 fully saturated rings. The molecule has 0 radical (unpaired) electrons. The molecule has 0 saturated heterocycles. The molecule has 0 aliphatic heterocycles. The van der Waals surface area contributed by atoms with Crippen molar-refractivity contribution < 1.29 is 28.6 Å². The van der Waals surface area contributed by atoms with Crippen molar-refractivity contribution in [1.29, 1.82) is 0 Å². The summed E-state index contributed by atoms with van der Waals surface area (Å²) in [6, 6.07) is 10.3. The summed E-state index contributed by atoms with van der Waals surface area (Å²) in [6.45, 7) is 2.24. The summed E-state index contributed by atoms with van der Waals surface area (Å²) in [5, 5.41) is 2.38. The van der Waals surface area contributed by atoms with E-state index in [1.807, 2.05) is 0 Å². The second kappa shape index (κ2) is 9.95. The number of para-hydroxylation sites is 1. The van der Waals surface area contributed by atoms with Gasteiger partial charge in [0.15, 0.2) is 11.5 Å². The lowest BCUT2D eigenvalue weighted by Crippen LogP contribution is -2.40. The van der Waals surface area contributed by atoms with E-state index < -0.39 is 29.1 Å². The molecular formula is C23H22N4O8. The van der Waals surface area contributed by atoms with Crippen LogP contribution in [0.15, 0.2) is 52.1 Å². The standard InChI is InChI=1S/C23H22N4O8/c1-12(28)34-17-7-5-6-16(19(17)35-13(2)29)21(30)25-18-20(24)27(23(32)26(3)22(18)31)14-8-10-15(33-4)11-9-14/h5-11H,24H2,1-4H3,(H,25,30). The molecule has 35 heavy (non-hydrogen) atoms. The minimum absolute atomic E-state index is 0.176. The number of methoxy groups -OCH3 is 1. The molecule has 0 unspecified atom stereocenters. The van der Waals surface area contributed by atoms with Crippen LogP contribution in [0.5, 0.6) is 17.2 Å². The molecule has 0 atom stereocenters. The number of benzene rings is 2. The molecule has 12 nitrogen and oxygen atoms in total. The maximum absolute atomic E-state index is 13.1. The second-order valence-corrected chi connectivity index (χ2v) is 7.21. The molecular weight excluding hydrogens is 460 g/mol. The van der Waals surface area contributed by atoms with Gasteiger partial charge in [-0.3, -0.25) is 23.7 Å². The number of carbonyl (C=O) groups is 3. The zero-order valence-electron chi connectivity index (χ0n) is 19.3. The van der Waals surface area contributed by atoms with E-state index in [2.05, 4.69) is 5.32 Å². The van der Waals surface area contributed by atoms with Gasteiger partial charge < -0.3 is 25.3 Å². The predicted molar refractivity (Wildman–Crippen MR) is 125 cm³/mol. The maximum atomic E-state index is 13.1. The number of nitrogens with zero attached hydrogens (tertiary/aromatic N) is 2. The first-order chi connectivity index (χ1) is 16.5. The van der Waals surface area contributed by atoms with Gasteiger partial charge in [-0.2, -0.15) is 0 Å². The average Bonchev–Trinajstić information content (AvgIpc) is 2.81. The number of anilines is 2. The van der Waals surface area contributed by atoms with E-state index in [1.165, 1.54) is 32.4 Å². The first kappa shape index (κ1) is 24.8. The smallest absolute Gasteiger partial charge is 0.337 e. The van der Waals surface area contributed by atoms with E-state index in [4.69, 9.17) is 19.9 Å². The monoisotopic (exact) mass is 482 g/mol. The van der Waals surface area contributed by atoms with Crippen molar-refractivity contribution in [2.75, 3.05) is 18.2 Å². The molecule has 1 amide bonds. The summed E-state index contributed by atoms with van der Waals surface area (Å²) in [7, 11) is 2.71. The Hall–Kier alpha value is -4.87. The Labute approximate surface area is 198 Å². The number of esters is 2.